The van der Waals surface area contributed by atoms with E-state index in [-0.39, 0.29) is 22.3 Å². The number of halogens is 4. The summed E-state index contributed by atoms with van der Waals surface area (Å²) in [5.74, 6) is -0.612. The van der Waals surface area contributed by atoms with Crippen molar-refractivity contribution in [2.24, 2.45) is 5.73 Å². The molecule has 0 saturated carbocycles. The maximum atomic E-state index is 12.1. The minimum Gasteiger partial charge on any atom is -0.404 e. The summed E-state index contributed by atoms with van der Waals surface area (Å²) in [6.07, 6.45) is -3.90. The number of alkyl halides is 3. The van der Waals surface area contributed by atoms with Gasteiger partial charge in [0.05, 0.1) is 0 Å². The predicted octanol–water partition coefficient (Wildman–Crippen LogP) is 2.07. The zero-order valence-electron chi connectivity index (χ0n) is 7.68. The maximum absolute atomic E-state index is 12.1. The Morgan fingerprint density at radius 2 is 2.19 bits per heavy atom. The van der Waals surface area contributed by atoms with Crippen molar-refractivity contribution in [2.45, 2.75) is 12.9 Å². The molecular formula is C8H5BrF3N3O. The van der Waals surface area contributed by atoms with E-state index >= 15 is 0 Å². The lowest BCUT2D eigenvalue weighted by Crippen LogP contribution is -2.20. The van der Waals surface area contributed by atoms with Gasteiger partial charge in [0, 0.05) is 18.3 Å². The number of pyridine rings is 1. The molecule has 86 valence electrons. The van der Waals surface area contributed by atoms with Crippen molar-refractivity contribution in [3.05, 3.63) is 21.9 Å². The summed E-state index contributed by atoms with van der Waals surface area (Å²) >= 11 is 2.93. The van der Waals surface area contributed by atoms with E-state index < -0.39 is 12.1 Å². The molecule has 2 N–H and O–H groups in total. The summed E-state index contributed by atoms with van der Waals surface area (Å²) in [5.41, 5.74) is 4.95. The fourth-order valence-electron chi connectivity index (χ4n) is 1.00. The van der Waals surface area contributed by atoms with Crippen LogP contribution in [0.3, 0.4) is 0 Å². The summed E-state index contributed by atoms with van der Waals surface area (Å²) in [5, 5.41) is 8.63. The van der Waals surface area contributed by atoms with Gasteiger partial charge in [-0.25, -0.2) is 4.98 Å². The number of ether oxygens (including phenoxy) is 1. The first-order valence-electron chi connectivity index (χ1n) is 3.92. The molecular weight excluding hydrogens is 291 g/mol. The molecule has 1 rings (SSSR count). The van der Waals surface area contributed by atoms with Crippen LogP contribution in [-0.2, 0) is 6.54 Å². The number of nitrogens with zero attached hydrogens (tertiary/aromatic N) is 2. The van der Waals surface area contributed by atoms with Gasteiger partial charge in [-0.15, -0.1) is 13.2 Å². The third-order valence-corrected chi connectivity index (χ3v) is 2.30. The fourth-order valence-corrected chi connectivity index (χ4v) is 1.45. The van der Waals surface area contributed by atoms with Crippen LogP contribution in [0, 0.1) is 11.3 Å². The van der Waals surface area contributed by atoms with Gasteiger partial charge >= 0.3 is 6.36 Å². The van der Waals surface area contributed by atoms with Gasteiger partial charge < -0.3 is 10.5 Å². The van der Waals surface area contributed by atoms with E-state index in [0.29, 0.717) is 0 Å². The van der Waals surface area contributed by atoms with Crippen molar-refractivity contribution in [1.29, 1.82) is 5.26 Å². The highest BCUT2D eigenvalue weighted by atomic mass is 79.9. The highest BCUT2D eigenvalue weighted by Gasteiger charge is 2.34. The standard InChI is InChI=1S/C8H5BrF3N3O/c9-7-5(2-14)6(16-8(10,11)12)4(1-13)3-15-7/h3H,2,14H2. The Morgan fingerprint density at radius 1 is 1.56 bits per heavy atom. The first-order chi connectivity index (χ1) is 7.39. The lowest BCUT2D eigenvalue weighted by Gasteiger charge is -2.14. The van der Waals surface area contributed by atoms with E-state index in [1.165, 1.54) is 0 Å². The minimum absolute atomic E-state index is 0.00336. The summed E-state index contributed by atoms with van der Waals surface area (Å²) in [4.78, 5) is 3.68. The molecule has 0 amide bonds. The van der Waals surface area contributed by atoms with Crippen molar-refractivity contribution in [2.75, 3.05) is 0 Å². The van der Waals surface area contributed by atoms with Crippen LogP contribution < -0.4 is 10.5 Å². The summed E-state index contributed by atoms with van der Waals surface area (Å²) in [7, 11) is 0. The molecule has 0 spiro atoms. The van der Waals surface area contributed by atoms with Crippen molar-refractivity contribution >= 4 is 15.9 Å². The van der Waals surface area contributed by atoms with Crippen LogP contribution >= 0.6 is 15.9 Å². The van der Waals surface area contributed by atoms with Crippen LogP contribution in [0.15, 0.2) is 10.8 Å². The van der Waals surface area contributed by atoms with Crippen LogP contribution in [0.2, 0.25) is 0 Å². The second-order valence-electron chi connectivity index (χ2n) is 2.63. The Kier molecular flexibility index (Phi) is 3.72. The lowest BCUT2D eigenvalue weighted by atomic mass is 10.2. The molecule has 0 saturated heterocycles. The smallest absolute Gasteiger partial charge is 0.404 e. The van der Waals surface area contributed by atoms with E-state index in [9.17, 15) is 13.2 Å². The van der Waals surface area contributed by atoms with Crippen LogP contribution in [-0.4, -0.2) is 11.3 Å². The van der Waals surface area contributed by atoms with Gasteiger partial charge in [0.25, 0.3) is 0 Å². The number of nitrogens with two attached hydrogens (primary N) is 1. The number of hydrogen-bond donors (Lipinski definition) is 1. The van der Waals surface area contributed by atoms with Crippen molar-refractivity contribution in [3.63, 3.8) is 0 Å². The average molecular weight is 296 g/mol. The molecule has 16 heavy (non-hydrogen) atoms. The van der Waals surface area contributed by atoms with Gasteiger partial charge in [-0.05, 0) is 15.9 Å². The Balaban J connectivity index is 3.32. The molecule has 0 unspecified atom stereocenters. The monoisotopic (exact) mass is 295 g/mol. The predicted molar refractivity (Wildman–Crippen MR) is 51.2 cm³/mol. The quantitative estimate of drug-likeness (QED) is 0.848. The van der Waals surface area contributed by atoms with Crippen LogP contribution in [0.1, 0.15) is 11.1 Å². The normalized spacial score (nSPS) is 11.0. The number of hydrogen-bond acceptors (Lipinski definition) is 4. The van der Waals surface area contributed by atoms with Crippen LogP contribution in [0.4, 0.5) is 13.2 Å². The van der Waals surface area contributed by atoms with Gasteiger partial charge in [0.1, 0.15) is 16.2 Å². The largest absolute Gasteiger partial charge is 0.573 e. The molecule has 0 aliphatic heterocycles. The molecule has 4 nitrogen and oxygen atoms in total. The number of aromatic nitrogens is 1. The number of nitriles is 1. The molecule has 0 aliphatic rings. The first kappa shape index (κ1) is 12.7. The molecule has 1 aromatic heterocycles. The highest BCUT2D eigenvalue weighted by Crippen LogP contribution is 2.32. The minimum atomic E-state index is -4.88. The second-order valence-corrected chi connectivity index (χ2v) is 3.39. The zero-order chi connectivity index (χ0) is 12.3. The molecule has 0 atom stereocenters. The van der Waals surface area contributed by atoms with E-state index in [1.807, 2.05) is 0 Å². The van der Waals surface area contributed by atoms with E-state index in [1.54, 1.807) is 6.07 Å². The fraction of sp³-hybridized carbons (Fsp3) is 0.250. The molecule has 0 bridgehead atoms. The molecule has 1 aromatic rings. The summed E-state index contributed by atoms with van der Waals surface area (Å²) < 4.78 is 40.2. The first-order valence-corrected chi connectivity index (χ1v) is 4.71. The Bertz CT molecular complexity index is 441. The van der Waals surface area contributed by atoms with Gasteiger partial charge in [-0.3, -0.25) is 0 Å². The SMILES string of the molecule is N#Cc1cnc(Br)c(CN)c1OC(F)(F)F. The summed E-state index contributed by atoms with van der Waals surface area (Å²) in [6, 6.07) is 1.56. The van der Waals surface area contributed by atoms with Crippen molar-refractivity contribution in [3.8, 4) is 11.8 Å². The van der Waals surface area contributed by atoms with Crippen LogP contribution in [0.5, 0.6) is 5.75 Å². The molecule has 8 heteroatoms. The Labute approximate surface area is 97.0 Å². The maximum Gasteiger partial charge on any atom is 0.573 e. The Hall–Kier alpha value is -1.33. The van der Waals surface area contributed by atoms with Gasteiger partial charge in [-0.1, -0.05) is 0 Å². The van der Waals surface area contributed by atoms with Gasteiger partial charge in [0.15, 0.2) is 5.75 Å². The van der Waals surface area contributed by atoms with Gasteiger partial charge in [0.2, 0.25) is 0 Å². The van der Waals surface area contributed by atoms with E-state index in [2.05, 4.69) is 25.7 Å². The van der Waals surface area contributed by atoms with Gasteiger partial charge in [-0.2, -0.15) is 5.26 Å². The molecule has 0 fully saturated rings. The molecule has 0 aromatic carbocycles. The van der Waals surface area contributed by atoms with Crippen LogP contribution in [0.25, 0.3) is 0 Å². The molecule has 0 aliphatic carbocycles. The second kappa shape index (κ2) is 4.67. The van der Waals surface area contributed by atoms with E-state index in [4.69, 9.17) is 11.0 Å². The third kappa shape index (κ3) is 2.84. The Morgan fingerprint density at radius 3 is 2.62 bits per heavy atom. The molecule has 1 heterocycles. The third-order valence-electron chi connectivity index (χ3n) is 1.62. The van der Waals surface area contributed by atoms with E-state index in [0.717, 1.165) is 6.20 Å². The highest BCUT2D eigenvalue weighted by molar-refractivity contribution is 9.10. The van der Waals surface area contributed by atoms with Crippen molar-refractivity contribution in [1.82, 2.24) is 4.98 Å². The van der Waals surface area contributed by atoms with Crippen molar-refractivity contribution < 1.29 is 17.9 Å². The lowest BCUT2D eigenvalue weighted by molar-refractivity contribution is -0.275. The number of rotatable bonds is 2. The molecule has 0 radical (unpaired) electrons. The average Bonchev–Trinajstić information content (AvgIpc) is 2.16. The summed E-state index contributed by atoms with van der Waals surface area (Å²) in [6.45, 7) is -0.228. The topological polar surface area (TPSA) is 71.9 Å². The zero-order valence-corrected chi connectivity index (χ0v) is 9.26.